The molecule has 0 aliphatic heterocycles. The van der Waals surface area contributed by atoms with Crippen LogP contribution in [0.25, 0.3) is 0 Å². The molecule has 1 fully saturated rings. The zero-order valence-electron chi connectivity index (χ0n) is 17.1. The molecule has 1 aromatic heterocycles. The van der Waals surface area contributed by atoms with Gasteiger partial charge in [0, 0.05) is 17.1 Å². The fourth-order valence-electron chi connectivity index (χ4n) is 3.88. The van der Waals surface area contributed by atoms with Crippen LogP contribution in [0, 0.1) is 12.7 Å². The van der Waals surface area contributed by atoms with Gasteiger partial charge in [-0.25, -0.2) is 4.39 Å². The lowest BCUT2D eigenvalue weighted by atomic mass is 10.0. The van der Waals surface area contributed by atoms with Crippen LogP contribution in [0.1, 0.15) is 53.3 Å². The summed E-state index contributed by atoms with van der Waals surface area (Å²) >= 11 is 1.07. The maximum atomic E-state index is 13.6. The molecule has 0 saturated heterocycles. The Morgan fingerprint density at radius 2 is 1.77 bits per heavy atom. The lowest BCUT2D eigenvalue weighted by Crippen LogP contribution is -2.46. The molecule has 3 aromatic rings. The highest BCUT2D eigenvalue weighted by Gasteiger charge is 2.35. The largest absolute Gasteiger partial charge is 0.351 e. The van der Waals surface area contributed by atoms with Gasteiger partial charge in [0.15, 0.2) is 5.69 Å². The second-order valence-electron chi connectivity index (χ2n) is 7.74. The number of anilines is 1. The number of carbonyl (C=O) groups is 2. The molecule has 0 unspecified atom stereocenters. The summed E-state index contributed by atoms with van der Waals surface area (Å²) in [5, 5.41) is 8.57. The number of hydrogen-bond acceptors (Lipinski definition) is 5. The van der Waals surface area contributed by atoms with Gasteiger partial charge in [-0.1, -0.05) is 47.2 Å². The average molecular weight is 439 g/mol. The van der Waals surface area contributed by atoms with Gasteiger partial charge in [-0.05, 0) is 61.1 Å². The SMILES string of the molecule is Cc1ccc(N(C(=O)c2csnn2)[C@@H](C(=O)NC2CCCC2)c2ccc(F)cc2)cc1. The van der Waals surface area contributed by atoms with E-state index in [2.05, 4.69) is 14.9 Å². The molecular weight excluding hydrogens is 415 g/mol. The average Bonchev–Trinajstić information content (AvgIpc) is 3.47. The van der Waals surface area contributed by atoms with Crippen molar-refractivity contribution in [3.05, 3.63) is 76.5 Å². The van der Waals surface area contributed by atoms with E-state index in [4.69, 9.17) is 0 Å². The summed E-state index contributed by atoms with van der Waals surface area (Å²) in [6, 6.07) is 12.1. The van der Waals surface area contributed by atoms with Gasteiger partial charge in [-0.2, -0.15) is 0 Å². The van der Waals surface area contributed by atoms with Crippen LogP contribution in [0.2, 0.25) is 0 Å². The first-order valence-electron chi connectivity index (χ1n) is 10.3. The maximum absolute atomic E-state index is 13.6. The molecule has 6 nitrogen and oxygen atoms in total. The first kappa shape index (κ1) is 21.1. The highest BCUT2D eigenvalue weighted by Crippen LogP contribution is 2.31. The van der Waals surface area contributed by atoms with Crippen molar-refractivity contribution in [2.75, 3.05) is 4.90 Å². The number of nitrogens with one attached hydrogen (secondary N) is 1. The van der Waals surface area contributed by atoms with Crippen LogP contribution in [0.3, 0.4) is 0 Å². The van der Waals surface area contributed by atoms with Crippen LogP contribution in [0.4, 0.5) is 10.1 Å². The summed E-state index contributed by atoms with van der Waals surface area (Å²) in [4.78, 5) is 28.4. The number of nitrogens with zero attached hydrogens (tertiary/aromatic N) is 3. The minimum absolute atomic E-state index is 0.0753. The van der Waals surface area contributed by atoms with Crippen molar-refractivity contribution in [2.24, 2.45) is 0 Å². The van der Waals surface area contributed by atoms with Crippen molar-refractivity contribution >= 4 is 29.0 Å². The molecule has 2 aromatic carbocycles. The minimum atomic E-state index is -0.974. The van der Waals surface area contributed by atoms with Gasteiger partial charge >= 0.3 is 0 Å². The Kier molecular flexibility index (Phi) is 6.36. The topological polar surface area (TPSA) is 75.2 Å². The zero-order chi connectivity index (χ0) is 21.8. The number of carbonyl (C=O) groups excluding carboxylic acids is 2. The van der Waals surface area contributed by atoms with E-state index in [0.717, 1.165) is 42.8 Å². The molecule has 2 amide bonds. The Morgan fingerprint density at radius 3 is 2.39 bits per heavy atom. The van der Waals surface area contributed by atoms with Crippen molar-refractivity contribution < 1.29 is 14.0 Å². The van der Waals surface area contributed by atoms with E-state index in [-0.39, 0.29) is 17.6 Å². The van der Waals surface area contributed by atoms with Gasteiger partial charge < -0.3 is 5.32 Å². The standard InChI is InChI=1S/C23H23FN4O2S/c1-15-6-12-19(13-7-15)28(23(30)20-14-31-27-26-20)21(16-8-10-17(24)11-9-16)22(29)25-18-4-2-3-5-18/h6-14,18,21H,2-5H2,1H3,(H,25,29)/t21-/m1/s1. The summed E-state index contributed by atoms with van der Waals surface area (Å²) in [7, 11) is 0. The third-order valence-corrected chi connectivity index (χ3v) is 6.01. The summed E-state index contributed by atoms with van der Waals surface area (Å²) in [6.45, 7) is 1.95. The van der Waals surface area contributed by atoms with Crippen molar-refractivity contribution in [3.63, 3.8) is 0 Å². The fourth-order valence-corrected chi connectivity index (χ4v) is 4.31. The first-order chi connectivity index (χ1) is 15.0. The second-order valence-corrected chi connectivity index (χ2v) is 8.35. The van der Waals surface area contributed by atoms with Gasteiger partial charge in [0.05, 0.1) is 0 Å². The number of aromatic nitrogens is 2. The third-order valence-electron chi connectivity index (χ3n) is 5.50. The Bertz CT molecular complexity index is 1030. The molecule has 1 heterocycles. The molecule has 4 rings (SSSR count). The van der Waals surface area contributed by atoms with Gasteiger partial charge in [0.25, 0.3) is 5.91 Å². The van der Waals surface area contributed by atoms with Crippen molar-refractivity contribution in [1.82, 2.24) is 14.9 Å². The number of rotatable bonds is 6. The maximum Gasteiger partial charge on any atom is 0.280 e. The molecular formula is C23H23FN4O2S. The van der Waals surface area contributed by atoms with Crippen LogP contribution in [-0.2, 0) is 4.79 Å². The predicted octanol–water partition coefficient (Wildman–Crippen LogP) is 4.43. The summed E-state index contributed by atoms with van der Waals surface area (Å²) < 4.78 is 17.4. The molecule has 0 radical (unpaired) electrons. The number of hydrogen-bond donors (Lipinski definition) is 1. The third kappa shape index (κ3) is 4.80. The second kappa shape index (κ2) is 9.34. The van der Waals surface area contributed by atoms with E-state index in [1.54, 1.807) is 29.6 Å². The molecule has 0 bridgehead atoms. The lowest BCUT2D eigenvalue weighted by molar-refractivity contribution is -0.123. The van der Waals surface area contributed by atoms with E-state index in [0.29, 0.717) is 11.3 Å². The van der Waals surface area contributed by atoms with Crippen LogP contribution in [-0.4, -0.2) is 27.4 Å². The predicted molar refractivity (Wildman–Crippen MR) is 117 cm³/mol. The van der Waals surface area contributed by atoms with Gasteiger partial charge in [-0.15, -0.1) is 5.10 Å². The number of benzene rings is 2. The summed E-state index contributed by atoms with van der Waals surface area (Å²) in [6.07, 6.45) is 3.96. The number of halogens is 1. The Labute approximate surface area is 184 Å². The smallest absolute Gasteiger partial charge is 0.280 e. The normalized spacial score (nSPS) is 14.9. The van der Waals surface area contributed by atoms with E-state index < -0.39 is 17.8 Å². The molecule has 31 heavy (non-hydrogen) atoms. The summed E-state index contributed by atoms with van der Waals surface area (Å²) in [5.74, 6) is -1.14. The van der Waals surface area contributed by atoms with Crippen molar-refractivity contribution in [1.29, 1.82) is 0 Å². The van der Waals surface area contributed by atoms with E-state index in [1.807, 2.05) is 19.1 Å². The van der Waals surface area contributed by atoms with Crippen LogP contribution < -0.4 is 10.2 Å². The van der Waals surface area contributed by atoms with Gasteiger partial charge in [0.1, 0.15) is 11.9 Å². The van der Waals surface area contributed by atoms with Crippen molar-refractivity contribution in [3.8, 4) is 0 Å². The lowest BCUT2D eigenvalue weighted by Gasteiger charge is -2.32. The Hall–Kier alpha value is -3.13. The van der Waals surface area contributed by atoms with Crippen LogP contribution >= 0.6 is 11.5 Å². The summed E-state index contributed by atoms with van der Waals surface area (Å²) in [5.41, 5.74) is 2.26. The van der Waals surface area contributed by atoms with Crippen molar-refractivity contribution in [2.45, 2.75) is 44.7 Å². The van der Waals surface area contributed by atoms with Crippen LogP contribution in [0.5, 0.6) is 0 Å². The molecule has 1 N–H and O–H groups in total. The van der Waals surface area contributed by atoms with E-state index >= 15 is 0 Å². The van der Waals surface area contributed by atoms with E-state index in [1.165, 1.54) is 17.0 Å². The zero-order valence-corrected chi connectivity index (χ0v) is 17.9. The van der Waals surface area contributed by atoms with E-state index in [9.17, 15) is 14.0 Å². The fraction of sp³-hybridized carbons (Fsp3) is 0.304. The van der Waals surface area contributed by atoms with Gasteiger partial charge in [-0.3, -0.25) is 14.5 Å². The minimum Gasteiger partial charge on any atom is -0.351 e. The number of amides is 2. The first-order valence-corrected chi connectivity index (χ1v) is 11.1. The van der Waals surface area contributed by atoms with Gasteiger partial charge in [0.2, 0.25) is 5.91 Å². The molecule has 1 saturated carbocycles. The highest BCUT2D eigenvalue weighted by molar-refractivity contribution is 7.03. The monoisotopic (exact) mass is 438 g/mol. The highest BCUT2D eigenvalue weighted by atomic mass is 32.1. The Balaban J connectivity index is 1.79. The number of aryl methyl sites for hydroxylation is 1. The molecule has 1 aliphatic carbocycles. The Morgan fingerprint density at radius 1 is 1.10 bits per heavy atom. The molecule has 1 atom stereocenters. The van der Waals surface area contributed by atoms with Crippen LogP contribution in [0.15, 0.2) is 53.9 Å². The quantitative estimate of drug-likeness (QED) is 0.618. The molecule has 1 aliphatic rings. The molecule has 160 valence electrons. The molecule has 8 heteroatoms. The molecule has 0 spiro atoms.